The fourth-order valence-electron chi connectivity index (χ4n) is 1.19. The van der Waals surface area contributed by atoms with Crippen molar-refractivity contribution in [2.45, 2.75) is 18.9 Å². The van der Waals surface area contributed by atoms with Gasteiger partial charge < -0.3 is 10.8 Å². The zero-order chi connectivity index (χ0) is 12.3. The maximum Gasteiger partial charge on any atom is 0.320 e. The van der Waals surface area contributed by atoms with E-state index in [2.05, 4.69) is 0 Å². The number of carboxylic acids is 1. The van der Waals surface area contributed by atoms with Crippen molar-refractivity contribution in [3.05, 3.63) is 34.4 Å². The van der Waals surface area contributed by atoms with Crippen LogP contribution in [0, 0.1) is 11.6 Å². The summed E-state index contributed by atoms with van der Waals surface area (Å²) in [5.74, 6) is -2.86. The van der Waals surface area contributed by atoms with Crippen LogP contribution in [0.15, 0.2) is 12.1 Å². The van der Waals surface area contributed by atoms with Crippen molar-refractivity contribution in [1.82, 2.24) is 0 Å². The Morgan fingerprint density at radius 3 is 2.69 bits per heavy atom. The lowest BCUT2D eigenvalue weighted by Crippen LogP contribution is -2.30. The van der Waals surface area contributed by atoms with Gasteiger partial charge in [-0.05, 0) is 24.5 Å². The quantitative estimate of drug-likeness (QED) is 0.802. The molecular weight excluding hydrogens is 240 g/mol. The molecule has 1 aromatic rings. The first kappa shape index (κ1) is 12.9. The Hall–Kier alpha value is -1.20. The summed E-state index contributed by atoms with van der Waals surface area (Å²) >= 11 is 5.36. The Balaban J connectivity index is 2.75. The standard InChI is InChI=1S/C10H10ClF2NO2/c11-8-6(12)3-1-5(9(8)13)2-4-7(14)10(15)16/h1,3,7H,2,4,14H2,(H,15,16)/t7-/m1/s1. The molecule has 0 aliphatic heterocycles. The normalized spacial score (nSPS) is 12.5. The summed E-state index contributed by atoms with van der Waals surface area (Å²) in [5, 5.41) is 7.94. The summed E-state index contributed by atoms with van der Waals surface area (Å²) in [5.41, 5.74) is 5.41. The largest absolute Gasteiger partial charge is 0.480 e. The molecule has 0 amide bonds. The van der Waals surface area contributed by atoms with Crippen LogP contribution in [0.5, 0.6) is 0 Å². The number of carboxylic acid groups (broad SMARTS) is 1. The van der Waals surface area contributed by atoms with Gasteiger partial charge in [-0.1, -0.05) is 17.7 Å². The van der Waals surface area contributed by atoms with Crippen molar-refractivity contribution in [2.75, 3.05) is 0 Å². The minimum absolute atomic E-state index is 0.0637. The van der Waals surface area contributed by atoms with E-state index >= 15 is 0 Å². The average Bonchev–Trinajstić information content (AvgIpc) is 2.24. The van der Waals surface area contributed by atoms with Gasteiger partial charge in [0.2, 0.25) is 0 Å². The van der Waals surface area contributed by atoms with Crippen molar-refractivity contribution < 1.29 is 18.7 Å². The van der Waals surface area contributed by atoms with Gasteiger partial charge in [0, 0.05) is 0 Å². The van der Waals surface area contributed by atoms with E-state index in [1.165, 1.54) is 6.07 Å². The first-order valence-electron chi connectivity index (χ1n) is 4.54. The number of hydrogen-bond acceptors (Lipinski definition) is 2. The van der Waals surface area contributed by atoms with Crippen molar-refractivity contribution >= 4 is 17.6 Å². The zero-order valence-corrected chi connectivity index (χ0v) is 8.97. The van der Waals surface area contributed by atoms with Gasteiger partial charge >= 0.3 is 5.97 Å². The van der Waals surface area contributed by atoms with Gasteiger partial charge in [-0.25, -0.2) is 8.78 Å². The predicted octanol–water partition coefficient (Wildman–Crippen LogP) is 1.96. The second-order valence-corrected chi connectivity index (χ2v) is 3.70. The summed E-state index contributed by atoms with van der Waals surface area (Å²) in [6, 6.07) is 1.20. The molecule has 0 fully saturated rings. The van der Waals surface area contributed by atoms with Gasteiger partial charge in [-0.3, -0.25) is 4.79 Å². The first-order chi connectivity index (χ1) is 7.43. The SMILES string of the molecule is N[C@H](CCc1ccc(F)c(Cl)c1F)C(=O)O. The number of aliphatic carboxylic acids is 1. The molecule has 0 aliphatic rings. The molecule has 3 nitrogen and oxygen atoms in total. The van der Waals surface area contributed by atoms with Crippen LogP contribution in [-0.2, 0) is 11.2 Å². The molecule has 0 heterocycles. The average molecular weight is 250 g/mol. The van der Waals surface area contributed by atoms with Crippen LogP contribution in [0.3, 0.4) is 0 Å². The van der Waals surface area contributed by atoms with Crippen LogP contribution >= 0.6 is 11.6 Å². The summed E-state index contributed by atoms with van der Waals surface area (Å²) in [6.45, 7) is 0. The van der Waals surface area contributed by atoms with Crippen LogP contribution in [0.4, 0.5) is 8.78 Å². The number of rotatable bonds is 4. The molecule has 0 aromatic heterocycles. The van der Waals surface area contributed by atoms with E-state index in [-0.39, 0.29) is 18.4 Å². The highest BCUT2D eigenvalue weighted by atomic mass is 35.5. The Morgan fingerprint density at radius 1 is 1.50 bits per heavy atom. The molecule has 0 aliphatic carbocycles. The third-order valence-electron chi connectivity index (χ3n) is 2.16. The summed E-state index contributed by atoms with van der Waals surface area (Å²) in [4.78, 5) is 10.4. The van der Waals surface area contributed by atoms with E-state index in [1.54, 1.807) is 0 Å². The fraction of sp³-hybridized carbons (Fsp3) is 0.300. The highest BCUT2D eigenvalue weighted by Crippen LogP contribution is 2.22. The van der Waals surface area contributed by atoms with Gasteiger partial charge in [0.15, 0.2) is 0 Å². The number of aryl methyl sites for hydroxylation is 1. The molecule has 1 rings (SSSR count). The van der Waals surface area contributed by atoms with Crippen molar-refractivity contribution in [3.8, 4) is 0 Å². The third-order valence-corrected chi connectivity index (χ3v) is 2.50. The lowest BCUT2D eigenvalue weighted by Gasteiger charge is -2.08. The van der Waals surface area contributed by atoms with E-state index in [4.69, 9.17) is 22.4 Å². The molecule has 6 heteroatoms. The minimum atomic E-state index is -1.16. The topological polar surface area (TPSA) is 63.3 Å². The van der Waals surface area contributed by atoms with Crippen LogP contribution in [0.2, 0.25) is 5.02 Å². The predicted molar refractivity (Wildman–Crippen MR) is 55.3 cm³/mol. The van der Waals surface area contributed by atoms with Gasteiger partial charge in [0.25, 0.3) is 0 Å². The third kappa shape index (κ3) is 2.90. The maximum absolute atomic E-state index is 13.4. The fourth-order valence-corrected chi connectivity index (χ4v) is 1.38. The molecule has 88 valence electrons. The molecule has 0 bridgehead atoms. The lowest BCUT2D eigenvalue weighted by atomic mass is 10.1. The molecule has 0 saturated heterocycles. The molecule has 0 saturated carbocycles. The summed E-state index contributed by atoms with van der Waals surface area (Å²) < 4.78 is 26.1. The molecule has 1 atom stereocenters. The second-order valence-electron chi connectivity index (χ2n) is 3.32. The first-order valence-corrected chi connectivity index (χ1v) is 4.92. The Kier molecular flexibility index (Phi) is 4.20. The van der Waals surface area contributed by atoms with Gasteiger partial charge in [0.05, 0.1) is 0 Å². The van der Waals surface area contributed by atoms with Gasteiger partial charge in [0.1, 0.15) is 22.7 Å². The molecule has 0 radical (unpaired) electrons. The van der Waals surface area contributed by atoms with E-state index in [0.717, 1.165) is 6.07 Å². The molecule has 0 unspecified atom stereocenters. The monoisotopic (exact) mass is 249 g/mol. The van der Waals surface area contributed by atoms with Crippen molar-refractivity contribution in [3.63, 3.8) is 0 Å². The number of halogens is 3. The van der Waals surface area contributed by atoms with Crippen LogP contribution in [0.1, 0.15) is 12.0 Å². The van der Waals surface area contributed by atoms with Crippen LogP contribution < -0.4 is 5.73 Å². The zero-order valence-electron chi connectivity index (χ0n) is 8.21. The smallest absolute Gasteiger partial charge is 0.320 e. The Bertz CT molecular complexity index is 412. The van der Waals surface area contributed by atoms with Crippen molar-refractivity contribution in [2.24, 2.45) is 5.73 Å². The van der Waals surface area contributed by atoms with E-state index in [1.807, 2.05) is 0 Å². The van der Waals surface area contributed by atoms with Gasteiger partial charge in [-0.2, -0.15) is 0 Å². The molecular formula is C10H10ClF2NO2. The van der Waals surface area contributed by atoms with Crippen LogP contribution in [0.25, 0.3) is 0 Å². The van der Waals surface area contributed by atoms with E-state index < -0.39 is 28.7 Å². The van der Waals surface area contributed by atoms with Gasteiger partial charge in [-0.15, -0.1) is 0 Å². The molecule has 0 spiro atoms. The van der Waals surface area contributed by atoms with E-state index in [0.29, 0.717) is 0 Å². The maximum atomic E-state index is 13.4. The molecule has 3 N–H and O–H groups in total. The Morgan fingerprint density at radius 2 is 2.12 bits per heavy atom. The highest BCUT2D eigenvalue weighted by molar-refractivity contribution is 6.30. The van der Waals surface area contributed by atoms with Crippen molar-refractivity contribution in [1.29, 1.82) is 0 Å². The minimum Gasteiger partial charge on any atom is -0.480 e. The summed E-state index contributed by atoms with van der Waals surface area (Å²) in [7, 11) is 0. The number of benzene rings is 1. The Labute approximate surface area is 95.8 Å². The number of hydrogen-bond donors (Lipinski definition) is 2. The highest BCUT2D eigenvalue weighted by Gasteiger charge is 2.15. The van der Waals surface area contributed by atoms with Crippen LogP contribution in [-0.4, -0.2) is 17.1 Å². The lowest BCUT2D eigenvalue weighted by molar-refractivity contribution is -0.138. The number of nitrogens with two attached hydrogens (primary N) is 1. The van der Waals surface area contributed by atoms with E-state index in [9.17, 15) is 13.6 Å². The molecule has 1 aromatic carbocycles. The molecule has 16 heavy (non-hydrogen) atoms. The number of carbonyl (C=O) groups is 1. The summed E-state index contributed by atoms with van der Waals surface area (Å²) in [6.07, 6.45) is 0.160. The second kappa shape index (κ2) is 5.23.